The number of hydrogen-bond donors (Lipinski definition) is 2. The van der Waals surface area contributed by atoms with E-state index in [2.05, 4.69) is 20.8 Å². The van der Waals surface area contributed by atoms with E-state index in [1.165, 1.54) is 0 Å². The van der Waals surface area contributed by atoms with Gasteiger partial charge in [-0.05, 0) is 12.6 Å². The van der Waals surface area contributed by atoms with Gasteiger partial charge in [0, 0.05) is 12.1 Å². The highest BCUT2D eigenvalue weighted by Crippen LogP contribution is 2.18. The number of methoxy groups -OCH3 is 1. The van der Waals surface area contributed by atoms with Crippen LogP contribution in [0.5, 0.6) is 5.75 Å². The highest BCUT2D eigenvalue weighted by atomic mass is 16.5. The summed E-state index contributed by atoms with van der Waals surface area (Å²) in [6.45, 7) is 4.05. The predicted molar refractivity (Wildman–Crippen MR) is 72.0 cm³/mol. The summed E-state index contributed by atoms with van der Waals surface area (Å²) in [5.74, 6) is 1.41. The standard InChI is InChI=1S/C13H18N4O2/c1-3-14-9-12-16-17-13(19-12)15-8-10-6-4-5-7-11(10)18-2/h4-7,14H,3,8-9H2,1-2H3,(H,15,17). The van der Waals surface area contributed by atoms with Crippen LogP contribution in [0.4, 0.5) is 6.01 Å². The van der Waals surface area contributed by atoms with Gasteiger partial charge in [0.25, 0.3) is 0 Å². The van der Waals surface area contributed by atoms with Crippen LogP contribution in [0.15, 0.2) is 28.7 Å². The first-order chi connectivity index (χ1) is 9.33. The lowest BCUT2D eigenvalue weighted by Gasteiger charge is -2.07. The lowest BCUT2D eigenvalue weighted by Crippen LogP contribution is -2.11. The summed E-state index contributed by atoms with van der Waals surface area (Å²) >= 11 is 0. The Morgan fingerprint density at radius 1 is 1.21 bits per heavy atom. The lowest BCUT2D eigenvalue weighted by molar-refractivity contribution is 0.410. The van der Waals surface area contributed by atoms with Gasteiger partial charge < -0.3 is 19.8 Å². The first-order valence-electron chi connectivity index (χ1n) is 6.22. The van der Waals surface area contributed by atoms with E-state index >= 15 is 0 Å². The summed E-state index contributed by atoms with van der Waals surface area (Å²) in [5, 5.41) is 14.1. The van der Waals surface area contributed by atoms with Gasteiger partial charge in [-0.25, -0.2) is 0 Å². The van der Waals surface area contributed by atoms with E-state index in [0.717, 1.165) is 17.9 Å². The second-order valence-corrected chi connectivity index (χ2v) is 3.95. The molecule has 1 aromatic heterocycles. The Labute approximate surface area is 112 Å². The van der Waals surface area contributed by atoms with Crippen molar-refractivity contribution in [3.05, 3.63) is 35.7 Å². The molecule has 0 unspecified atom stereocenters. The van der Waals surface area contributed by atoms with Crippen LogP contribution in [0.2, 0.25) is 0 Å². The largest absolute Gasteiger partial charge is 0.496 e. The Morgan fingerprint density at radius 3 is 2.84 bits per heavy atom. The first kappa shape index (κ1) is 13.4. The topological polar surface area (TPSA) is 72.2 Å². The van der Waals surface area contributed by atoms with Gasteiger partial charge in [-0.1, -0.05) is 30.2 Å². The summed E-state index contributed by atoms with van der Waals surface area (Å²) in [5.41, 5.74) is 1.04. The zero-order chi connectivity index (χ0) is 13.5. The minimum Gasteiger partial charge on any atom is -0.496 e. The number of nitrogens with one attached hydrogen (secondary N) is 2. The zero-order valence-corrected chi connectivity index (χ0v) is 11.1. The van der Waals surface area contributed by atoms with Gasteiger partial charge in [0.2, 0.25) is 5.89 Å². The molecular formula is C13H18N4O2. The van der Waals surface area contributed by atoms with Crippen LogP contribution >= 0.6 is 0 Å². The molecule has 6 nitrogen and oxygen atoms in total. The van der Waals surface area contributed by atoms with Crippen molar-refractivity contribution in [2.75, 3.05) is 19.0 Å². The third-order valence-corrected chi connectivity index (χ3v) is 2.62. The Morgan fingerprint density at radius 2 is 2.05 bits per heavy atom. The van der Waals surface area contributed by atoms with Crippen LogP contribution < -0.4 is 15.4 Å². The average Bonchev–Trinajstić information content (AvgIpc) is 2.91. The van der Waals surface area contributed by atoms with E-state index in [4.69, 9.17) is 9.15 Å². The maximum Gasteiger partial charge on any atom is 0.315 e. The van der Waals surface area contributed by atoms with Crippen molar-refractivity contribution in [3.8, 4) is 5.75 Å². The number of ether oxygens (including phenoxy) is 1. The van der Waals surface area contributed by atoms with Crippen molar-refractivity contribution in [1.29, 1.82) is 0 Å². The molecule has 0 spiro atoms. The molecule has 2 N–H and O–H groups in total. The minimum atomic E-state index is 0.416. The molecule has 0 aliphatic heterocycles. The van der Waals surface area contributed by atoms with Crippen molar-refractivity contribution in [3.63, 3.8) is 0 Å². The fourth-order valence-corrected chi connectivity index (χ4v) is 1.65. The molecular weight excluding hydrogens is 244 g/mol. The van der Waals surface area contributed by atoms with Gasteiger partial charge >= 0.3 is 6.01 Å². The second kappa shape index (κ2) is 6.75. The summed E-state index contributed by atoms with van der Waals surface area (Å²) in [6, 6.07) is 8.22. The van der Waals surface area contributed by atoms with Crippen LogP contribution in [-0.4, -0.2) is 23.9 Å². The summed E-state index contributed by atoms with van der Waals surface area (Å²) in [7, 11) is 1.65. The summed E-state index contributed by atoms with van der Waals surface area (Å²) in [4.78, 5) is 0. The fourth-order valence-electron chi connectivity index (χ4n) is 1.65. The maximum atomic E-state index is 5.44. The molecule has 102 valence electrons. The Hall–Kier alpha value is -2.08. The third kappa shape index (κ3) is 3.69. The van der Waals surface area contributed by atoms with Crippen LogP contribution in [0.25, 0.3) is 0 Å². The molecule has 0 saturated heterocycles. The van der Waals surface area contributed by atoms with E-state index in [9.17, 15) is 0 Å². The molecule has 0 atom stereocenters. The van der Waals surface area contributed by atoms with Gasteiger partial charge in [0.05, 0.1) is 13.7 Å². The lowest BCUT2D eigenvalue weighted by atomic mass is 10.2. The van der Waals surface area contributed by atoms with Gasteiger partial charge in [0.15, 0.2) is 0 Å². The molecule has 0 amide bonds. The minimum absolute atomic E-state index is 0.416. The first-order valence-corrected chi connectivity index (χ1v) is 6.22. The number of aromatic nitrogens is 2. The number of nitrogens with zero attached hydrogens (tertiary/aromatic N) is 2. The van der Waals surface area contributed by atoms with E-state index in [-0.39, 0.29) is 0 Å². The number of hydrogen-bond acceptors (Lipinski definition) is 6. The Bertz CT molecular complexity index is 513. The summed E-state index contributed by atoms with van der Waals surface area (Å²) in [6.07, 6.45) is 0. The van der Waals surface area contributed by atoms with Gasteiger partial charge in [-0.2, -0.15) is 0 Å². The highest BCUT2D eigenvalue weighted by Gasteiger charge is 2.06. The normalized spacial score (nSPS) is 10.4. The predicted octanol–water partition coefficient (Wildman–Crippen LogP) is 1.80. The maximum absolute atomic E-state index is 5.44. The van der Waals surface area contributed by atoms with Crippen molar-refractivity contribution in [1.82, 2.24) is 15.5 Å². The molecule has 0 aliphatic rings. The average molecular weight is 262 g/mol. The molecule has 0 fully saturated rings. The molecule has 19 heavy (non-hydrogen) atoms. The molecule has 6 heteroatoms. The van der Waals surface area contributed by atoms with Crippen molar-refractivity contribution >= 4 is 6.01 Å². The molecule has 2 rings (SSSR count). The number of anilines is 1. The zero-order valence-electron chi connectivity index (χ0n) is 11.1. The number of benzene rings is 1. The van der Waals surface area contributed by atoms with E-state index in [1.54, 1.807) is 7.11 Å². The quantitative estimate of drug-likeness (QED) is 0.792. The molecule has 0 radical (unpaired) electrons. The van der Waals surface area contributed by atoms with Gasteiger partial charge in [-0.3, -0.25) is 0 Å². The van der Waals surface area contributed by atoms with E-state index in [1.807, 2.05) is 31.2 Å². The van der Waals surface area contributed by atoms with Crippen molar-refractivity contribution in [2.45, 2.75) is 20.0 Å². The Kier molecular flexibility index (Phi) is 4.74. The van der Waals surface area contributed by atoms with Gasteiger partial charge in [-0.15, -0.1) is 5.10 Å². The Balaban J connectivity index is 1.93. The SMILES string of the molecule is CCNCc1nnc(NCc2ccccc2OC)o1. The van der Waals surface area contributed by atoms with Crippen LogP contribution in [0.1, 0.15) is 18.4 Å². The molecule has 0 aliphatic carbocycles. The molecule has 1 heterocycles. The second-order valence-electron chi connectivity index (χ2n) is 3.95. The smallest absolute Gasteiger partial charge is 0.315 e. The van der Waals surface area contributed by atoms with Crippen molar-refractivity contribution < 1.29 is 9.15 Å². The molecule has 0 bridgehead atoms. The molecule has 1 aromatic carbocycles. The van der Waals surface area contributed by atoms with Crippen LogP contribution in [0.3, 0.4) is 0 Å². The van der Waals surface area contributed by atoms with Crippen molar-refractivity contribution in [2.24, 2.45) is 0 Å². The molecule has 2 aromatic rings. The van der Waals surface area contributed by atoms with Crippen LogP contribution in [0, 0.1) is 0 Å². The van der Waals surface area contributed by atoms with E-state index in [0.29, 0.717) is 25.0 Å². The summed E-state index contributed by atoms with van der Waals surface area (Å²) < 4.78 is 10.7. The fraction of sp³-hybridized carbons (Fsp3) is 0.385. The van der Waals surface area contributed by atoms with E-state index < -0.39 is 0 Å². The van der Waals surface area contributed by atoms with Crippen LogP contribution in [-0.2, 0) is 13.1 Å². The number of para-hydroxylation sites is 1. The monoisotopic (exact) mass is 262 g/mol. The number of rotatable bonds is 7. The third-order valence-electron chi connectivity index (χ3n) is 2.62. The van der Waals surface area contributed by atoms with Gasteiger partial charge in [0.1, 0.15) is 5.75 Å². The highest BCUT2D eigenvalue weighted by molar-refractivity contribution is 5.35. The molecule has 0 saturated carbocycles.